The molecule has 19 heavy (non-hydrogen) atoms. The Labute approximate surface area is 121 Å². The highest BCUT2D eigenvalue weighted by Gasteiger charge is 2.37. The maximum atomic E-state index is 12.3. The van der Waals surface area contributed by atoms with Gasteiger partial charge in [0, 0.05) is 6.42 Å². The zero-order chi connectivity index (χ0) is 13.8. The van der Waals surface area contributed by atoms with Crippen molar-refractivity contribution in [3.63, 3.8) is 0 Å². The van der Waals surface area contributed by atoms with Gasteiger partial charge in [-0.1, -0.05) is 30.3 Å². The molecule has 3 nitrogen and oxygen atoms in total. The van der Waals surface area contributed by atoms with Crippen LogP contribution in [0.3, 0.4) is 0 Å². The molecule has 0 aromatic heterocycles. The molecule has 1 aromatic carbocycles. The van der Waals surface area contributed by atoms with Crippen molar-refractivity contribution < 1.29 is 9.59 Å². The van der Waals surface area contributed by atoms with Crippen LogP contribution in [0.2, 0.25) is 0 Å². The van der Waals surface area contributed by atoms with Gasteiger partial charge in [0.15, 0.2) is 5.78 Å². The largest absolute Gasteiger partial charge is 0.341 e. The molecular formula is C14H15NO2S2. The van der Waals surface area contributed by atoms with Crippen LogP contribution in [0.4, 0.5) is 0 Å². The van der Waals surface area contributed by atoms with Gasteiger partial charge in [-0.3, -0.25) is 9.59 Å². The van der Waals surface area contributed by atoms with Crippen molar-refractivity contribution in [3.05, 3.63) is 45.7 Å². The van der Waals surface area contributed by atoms with Gasteiger partial charge >= 0.3 is 0 Å². The second-order valence-electron chi connectivity index (χ2n) is 4.15. The average Bonchev–Trinajstić information content (AvgIpc) is 2.69. The molecule has 0 aliphatic carbocycles. The minimum atomic E-state index is -0.431. The van der Waals surface area contributed by atoms with E-state index in [9.17, 15) is 9.59 Å². The van der Waals surface area contributed by atoms with Crippen molar-refractivity contribution in [2.75, 3.05) is 12.5 Å². The molecule has 5 heteroatoms. The van der Waals surface area contributed by atoms with Crippen LogP contribution in [0.5, 0.6) is 0 Å². The Balaban J connectivity index is 2.21. The number of carbonyl (C=O) groups is 2. The van der Waals surface area contributed by atoms with E-state index in [0.717, 1.165) is 9.80 Å². The van der Waals surface area contributed by atoms with Crippen molar-refractivity contribution in [1.29, 1.82) is 0 Å². The zero-order valence-corrected chi connectivity index (χ0v) is 12.4. The van der Waals surface area contributed by atoms with Gasteiger partial charge in [-0.05, 0) is 18.1 Å². The van der Waals surface area contributed by atoms with Gasteiger partial charge in [0.25, 0.3) is 5.91 Å². The molecule has 1 aliphatic heterocycles. The van der Waals surface area contributed by atoms with E-state index in [2.05, 4.69) is 5.32 Å². The van der Waals surface area contributed by atoms with Crippen LogP contribution in [-0.4, -0.2) is 30.2 Å². The molecule has 1 unspecified atom stereocenters. The Kier molecular flexibility index (Phi) is 4.71. The summed E-state index contributed by atoms with van der Waals surface area (Å²) >= 11 is 2.89. The summed E-state index contributed by atoms with van der Waals surface area (Å²) in [6.45, 7) is 0. The van der Waals surface area contributed by atoms with E-state index in [1.165, 1.54) is 23.5 Å². The van der Waals surface area contributed by atoms with Crippen molar-refractivity contribution in [2.45, 2.75) is 12.5 Å². The van der Waals surface area contributed by atoms with Gasteiger partial charge < -0.3 is 5.32 Å². The van der Waals surface area contributed by atoms with E-state index in [1.807, 2.05) is 42.8 Å². The lowest BCUT2D eigenvalue weighted by atomic mass is 10.0. The lowest BCUT2D eigenvalue weighted by molar-refractivity contribution is -0.117. The van der Waals surface area contributed by atoms with Crippen LogP contribution >= 0.6 is 23.5 Å². The lowest BCUT2D eigenvalue weighted by Gasteiger charge is -2.07. The Bertz CT molecular complexity index is 520. The number of Topliss-reactive ketones (excluding diaryl/α,β-unsaturated/α-hetero) is 1. The fourth-order valence-electron chi connectivity index (χ4n) is 2.06. The molecule has 0 bridgehead atoms. The number of benzene rings is 1. The van der Waals surface area contributed by atoms with Crippen LogP contribution in [0.1, 0.15) is 5.56 Å². The van der Waals surface area contributed by atoms with E-state index in [1.54, 1.807) is 0 Å². The topological polar surface area (TPSA) is 46.2 Å². The van der Waals surface area contributed by atoms with Gasteiger partial charge in [-0.15, -0.1) is 23.5 Å². The molecule has 0 radical (unpaired) electrons. The molecule has 100 valence electrons. The molecule has 1 fully saturated rings. The van der Waals surface area contributed by atoms with Crippen LogP contribution < -0.4 is 5.32 Å². The number of thioether (sulfide) groups is 2. The summed E-state index contributed by atoms with van der Waals surface area (Å²) in [6, 6.07) is 9.30. The standard InChI is InChI=1S/C14H15NO2S2/c1-18-14(19-2)11-12(16)10(15-13(11)17)8-9-6-4-3-5-7-9/h3-7,10H,8H2,1-2H3,(H,15,17). The molecular weight excluding hydrogens is 278 g/mol. The summed E-state index contributed by atoms with van der Waals surface area (Å²) in [5, 5.41) is 2.78. The van der Waals surface area contributed by atoms with Crippen LogP contribution in [0.25, 0.3) is 0 Å². The lowest BCUT2D eigenvalue weighted by Crippen LogP contribution is -2.31. The molecule has 0 saturated carbocycles. The van der Waals surface area contributed by atoms with E-state index in [-0.39, 0.29) is 11.7 Å². The van der Waals surface area contributed by atoms with Crippen LogP contribution in [0, 0.1) is 0 Å². The highest BCUT2D eigenvalue weighted by Crippen LogP contribution is 2.31. The van der Waals surface area contributed by atoms with Crippen LogP contribution in [0.15, 0.2) is 40.1 Å². The van der Waals surface area contributed by atoms with Gasteiger partial charge in [0.1, 0.15) is 5.57 Å². The highest BCUT2D eigenvalue weighted by molar-refractivity contribution is 8.21. The van der Waals surface area contributed by atoms with Crippen molar-refractivity contribution in [2.24, 2.45) is 0 Å². The molecule has 1 amide bonds. The Morgan fingerprint density at radius 3 is 2.37 bits per heavy atom. The third-order valence-corrected chi connectivity index (χ3v) is 5.10. The fourth-order valence-corrected chi connectivity index (χ4v) is 3.52. The molecule has 1 N–H and O–H groups in total. The summed E-state index contributed by atoms with van der Waals surface area (Å²) in [5.41, 5.74) is 1.37. The average molecular weight is 293 g/mol. The molecule has 1 atom stereocenters. The third kappa shape index (κ3) is 3.04. The normalized spacial score (nSPS) is 18.6. The van der Waals surface area contributed by atoms with Gasteiger partial charge in [-0.25, -0.2) is 0 Å². The number of ketones is 1. The van der Waals surface area contributed by atoms with Crippen LogP contribution in [-0.2, 0) is 16.0 Å². The van der Waals surface area contributed by atoms with E-state index < -0.39 is 6.04 Å². The Hall–Kier alpha value is -1.20. The first-order valence-corrected chi connectivity index (χ1v) is 8.33. The maximum absolute atomic E-state index is 12.3. The molecule has 1 aliphatic rings. The first-order valence-electron chi connectivity index (χ1n) is 5.88. The van der Waals surface area contributed by atoms with E-state index in [0.29, 0.717) is 12.0 Å². The predicted octanol–water partition coefficient (Wildman–Crippen LogP) is 2.23. The summed E-state index contributed by atoms with van der Waals surface area (Å²) in [6.07, 6.45) is 4.30. The molecule has 1 saturated heterocycles. The summed E-state index contributed by atoms with van der Waals surface area (Å²) in [4.78, 5) is 24.2. The molecule has 0 spiro atoms. The maximum Gasteiger partial charge on any atom is 0.257 e. The minimum absolute atomic E-state index is 0.0902. The summed E-state index contributed by atoms with van der Waals surface area (Å²) in [5.74, 6) is -0.336. The Morgan fingerprint density at radius 1 is 1.16 bits per heavy atom. The number of nitrogens with one attached hydrogen (secondary N) is 1. The van der Waals surface area contributed by atoms with Gasteiger partial charge in [0.05, 0.1) is 10.3 Å². The zero-order valence-electron chi connectivity index (χ0n) is 10.8. The minimum Gasteiger partial charge on any atom is -0.341 e. The second-order valence-corrected chi connectivity index (χ2v) is 6.04. The number of amides is 1. The van der Waals surface area contributed by atoms with Crippen molar-refractivity contribution in [1.82, 2.24) is 5.32 Å². The monoisotopic (exact) mass is 293 g/mol. The predicted molar refractivity (Wildman–Crippen MR) is 81.1 cm³/mol. The number of hydrogen-bond acceptors (Lipinski definition) is 4. The van der Waals surface area contributed by atoms with E-state index in [4.69, 9.17) is 0 Å². The molecule has 1 heterocycles. The number of carbonyl (C=O) groups excluding carboxylic acids is 2. The summed E-state index contributed by atoms with van der Waals surface area (Å²) in [7, 11) is 0. The third-order valence-electron chi connectivity index (χ3n) is 2.95. The van der Waals surface area contributed by atoms with E-state index >= 15 is 0 Å². The molecule has 2 rings (SSSR count). The van der Waals surface area contributed by atoms with Crippen molar-refractivity contribution >= 4 is 35.2 Å². The Morgan fingerprint density at radius 2 is 1.79 bits per heavy atom. The second kappa shape index (κ2) is 6.30. The first kappa shape index (κ1) is 14.2. The quantitative estimate of drug-likeness (QED) is 0.683. The van der Waals surface area contributed by atoms with Gasteiger partial charge in [0.2, 0.25) is 0 Å². The fraction of sp³-hybridized carbons (Fsp3) is 0.286. The highest BCUT2D eigenvalue weighted by atomic mass is 32.2. The smallest absolute Gasteiger partial charge is 0.257 e. The van der Waals surface area contributed by atoms with Crippen molar-refractivity contribution in [3.8, 4) is 0 Å². The molecule has 1 aromatic rings. The SMILES string of the molecule is CSC(SC)=C1C(=O)NC(Cc2ccccc2)C1=O. The van der Waals surface area contributed by atoms with Gasteiger partial charge in [-0.2, -0.15) is 0 Å². The first-order chi connectivity index (χ1) is 9.17. The number of hydrogen-bond donors (Lipinski definition) is 1. The summed E-state index contributed by atoms with van der Waals surface area (Å²) < 4.78 is 0.790. The number of rotatable bonds is 4.